The van der Waals surface area contributed by atoms with Crippen LogP contribution in [0.25, 0.3) is 5.57 Å². The van der Waals surface area contributed by atoms with Crippen LogP contribution >= 0.6 is 0 Å². The Balaban J connectivity index is 2.58. The fraction of sp³-hybridized carbons (Fsp3) is 0.300. The lowest BCUT2D eigenvalue weighted by atomic mass is 10.2. The lowest BCUT2D eigenvalue weighted by Crippen LogP contribution is -2.26. The average molecular weight is 195 g/mol. The number of ether oxygens (including phenoxy) is 1. The van der Waals surface area contributed by atoms with Crippen LogP contribution in [0.3, 0.4) is 0 Å². The minimum Gasteiger partial charge on any atom is -0.464 e. The fourth-order valence-electron chi connectivity index (χ4n) is 0.843. The van der Waals surface area contributed by atoms with Gasteiger partial charge in [0.2, 0.25) is 0 Å². The van der Waals surface area contributed by atoms with Gasteiger partial charge in [0.1, 0.15) is 5.76 Å². The van der Waals surface area contributed by atoms with E-state index in [1.165, 1.54) is 6.26 Å². The van der Waals surface area contributed by atoms with Crippen LogP contribution in [-0.4, -0.2) is 12.2 Å². The molecule has 0 fully saturated rings. The molecule has 1 rings (SSSR count). The van der Waals surface area contributed by atoms with E-state index in [2.05, 4.69) is 6.58 Å². The van der Waals surface area contributed by atoms with Crippen LogP contribution in [0.5, 0.6) is 0 Å². The largest absolute Gasteiger partial charge is 0.464 e. The molecule has 1 unspecified atom stereocenters. The summed E-state index contributed by atoms with van der Waals surface area (Å²) in [6, 6.07) is 3.31. The van der Waals surface area contributed by atoms with Crippen molar-refractivity contribution in [1.82, 2.24) is 0 Å². The third-order valence-corrected chi connectivity index (χ3v) is 1.73. The minimum atomic E-state index is -0.589. The minimum absolute atomic E-state index is 0.180. The molecule has 0 spiro atoms. The maximum absolute atomic E-state index is 11.3. The summed E-state index contributed by atoms with van der Waals surface area (Å²) >= 11 is 0. The zero-order chi connectivity index (χ0) is 10.6. The first-order chi connectivity index (χ1) is 6.65. The topological polar surface area (TPSA) is 65.5 Å². The summed E-state index contributed by atoms with van der Waals surface area (Å²) < 4.78 is 9.85. The van der Waals surface area contributed by atoms with Crippen molar-refractivity contribution in [3.63, 3.8) is 0 Å². The summed E-state index contributed by atoms with van der Waals surface area (Å²) in [5, 5.41) is 0. The molecule has 0 aliphatic rings. The highest BCUT2D eigenvalue weighted by molar-refractivity contribution is 6.14. The van der Waals surface area contributed by atoms with Gasteiger partial charge in [-0.25, -0.2) is 4.79 Å². The monoisotopic (exact) mass is 195 g/mol. The Morgan fingerprint density at radius 1 is 1.79 bits per heavy atom. The molecule has 0 bridgehead atoms. The third kappa shape index (κ3) is 2.47. The molecule has 4 nitrogen and oxygen atoms in total. The van der Waals surface area contributed by atoms with Crippen molar-refractivity contribution in [3.8, 4) is 0 Å². The second kappa shape index (κ2) is 4.62. The third-order valence-electron chi connectivity index (χ3n) is 1.73. The lowest BCUT2D eigenvalue weighted by molar-refractivity contribution is -0.141. The molecule has 0 aliphatic carbocycles. The molecule has 0 radical (unpaired) electrons. The van der Waals surface area contributed by atoms with E-state index < -0.39 is 12.2 Å². The van der Waals surface area contributed by atoms with Gasteiger partial charge < -0.3 is 9.15 Å². The van der Waals surface area contributed by atoms with Crippen LogP contribution in [0.1, 0.15) is 19.1 Å². The fourth-order valence-corrected chi connectivity index (χ4v) is 0.843. The molecule has 0 aromatic carbocycles. The van der Waals surface area contributed by atoms with Crippen molar-refractivity contribution in [2.45, 2.75) is 19.6 Å². The molecule has 0 amide bonds. The van der Waals surface area contributed by atoms with Gasteiger partial charge in [0.15, 0.2) is 6.23 Å². The number of carbonyl (C=O) groups excluding carboxylic acids is 1. The van der Waals surface area contributed by atoms with Gasteiger partial charge in [-0.05, 0) is 18.6 Å². The van der Waals surface area contributed by atoms with E-state index in [0.29, 0.717) is 12.2 Å². The molecule has 1 atom stereocenters. The maximum atomic E-state index is 11.3. The van der Waals surface area contributed by atoms with Gasteiger partial charge in [-0.15, -0.1) is 0 Å². The smallest absolute Gasteiger partial charge is 0.342 e. The molecule has 0 aliphatic heterocycles. The van der Waals surface area contributed by atoms with Gasteiger partial charge in [0, 0.05) is 0 Å². The first-order valence-electron chi connectivity index (χ1n) is 4.34. The normalized spacial score (nSPS) is 12.1. The number of furan rings is 1. The number of rotatable bonds is 4. The van der Waals surface area contributed by atoms with E-state index in [-0.39, 0.29) is 5.57 Å². The predicted octanol–water partition coefficient (Wildman–Crippen LogP) is 1.53. The molecule has 1 heterocycles. The Hall–Kier alpha value is -1.55. The van der Waals surface area contributed by atoms with Crippen LogP contribution in [0.15, 0.2) is 29.4 Å². The summed E-state index contributed by atoms with van der Waals surface area (Å²) in [7, 11) is 0. The van der Waals surface area contributed by atoms with Crippen LogP contribution in [0.4, 0.5) is 0 Å². The van der Waals surface area contributed by atoms with E-state index in [1.807, 2.05) is 6.92 Å². The zero-order valence-electron chi connectivity index (χ0n) is 8.03. The van der Waals surface area contributed by atoms with Gasteiger partial charge in [0.25, 0.3) is 0 Å². The number of hydrogen-bond acceptors (Lipinski definition) is 4. The molecular weight excluding hydrogens is 182 g/mol. The Labute approximate surface area is 82.3 Å². The van der Waals surface area contributed by atoms with Crippen molar-refractivity contribution in [3.05, 3.63) is 30.7 Å². The van der Waals surface area contributed by atoms with Crippen molar-refractivity contribution in [2.24, 2.45) is 5.73 Å². The van der Waals surface area contributed by atoms with Gasteiger partial charge in [0.05, 0.1) is 11.8 Å². The maximum Gasteiger partial charge on any atom is 0.342 e. The molecule has 1 aromatic rings. The Bertz CT molecular complexity index is 316. The van der Waals surface area contributed by atoms with Crippen molar-refractivity contribution >= 4 is 11.5 Å². The highest BCUT2D eigenvalue weighted by atomic mass is 16.6. The van der Waals surface area contributed by atoms with Crippen molar-refractivity contribution in [1.29, 1.82) is 0 Å². The second-order valence-electron chi connectivity index (χ2n) is 2.81. The molecule has 2 N–H and O–H groups in total. The number of hydrogen-bond donors (Lipinski definition) is 1. The van der Waals surface area contributed by atoms with E-state index in [0.717, 1.165) is 0 Å². The summed E-state index contributed by atoms with van der Waals surface area (Å²) in [6.07, 6.45) is 1.44. The molecule has 0 saturated carbocycles. The van der Waals surface area contributed by atoms with Gasteiger partial charge >= 0.3 is 5.97 Å². The number of nitrogens with two attached hydrogens (primary N) is 1. The predicted molar refractivity (Wildman–Crippen MR) is 52.1 cm³/mol. The summed E-state index contributed by atoms with van der Waals surface area (Å²) in [6.45, 7) is 5.39. The average Bonchev–Trinajstić information content (AvgIpc) is 2.69. The summed E-state index contributed by atoms with van der Waals surface area (Å²) in [5.74, 6) is -0.146. The van der Waals surface area contributed by atoms with Gasteiger partial charge in [-0.2, -0.15) is 0 Å². The van der Waals surface area contributed by atoms with E-state index in [4.69, 9.17) is 14.9 Å². The molecular formula is C10H13NO3. The summed E-state index contributed by atoms with van der Waals surface area (Å²) in [4.78, 5) is 11.3. The van der Waals surface area contributed by atoms with Crippen LogP contribution < -0.4 is 5.73 Å². The Morgan fingerprint density at radius 3 is 3.00 bits per heavy atom. The second-order valence-corrected chi connectivity index (χ2v) is 2.81. The van der Waals surface area contributed by atoms with E-state index in [9.17, 15) is 4.79 Å². The van der Waals surface area contributed by atoms with E-state index >= 15 is 0 Å². The van der Waals surface area contributed by atoms with Crippen molar-refractivity contribution in [2.75, 3.05) is 0 Å². The standard InChI is InChI=1S/C10H13NO3/c1-3-9(11)14-10(12)7(2)8-5-4-6-13-8/h4-6,9H,2-3,11H2,1H3. The lowest BCUT2D eigenvalue weighted by Gasteiger charge is -2.10. The van der Waals surface area contributed by atoms with Gasteiger partial charge in [-0.3, -0.25) is 5.73 Å². The number of carbonyl (C=O) groups is 1. The number of esters is 1. The molecule has 4 heteroatoms. The molecule has 0 saturated heterocycles. The van der Waals surface area contributed by atoms with Crippen molar-refractivity contribution < 1.29 is 13.9 Å². The highest BCUT2D eigenvalue weighted by Gasteiger charge is 2.15. The first kappa shape index (κ1) is 10.5. The van der Waals surface area contributed by atoms with Crippen LogP contribution in [0.2, 0.25) is 0 Å². The van der Waals surface area contributed by atoms with Crippen LogP contribution in [0, 0.1) is 0 Å². The summed E-state index contributed by atoms with van der Waals surface area (Å²) in [5.41, 5.74) is 5.63. The first-order valence-corrected chi connectivity index (χ1v) is 4.34. The van der Waals surface area contributed by atoms with Crippen LogP contribution in [-0.2, 0) is 9.53 Å². The zero-order valence-corrected chi connectivity index (χ0v) is 8.03. The molecule has 1 aromatic heterocycles. The molecule has 14 heavy (non-hydrogen) atoms. The molecule has 76 valence electrons. The highest BCUT2D eigenvalue weighted by Crippen LogP contribution is 2.14. The Kier molecular flexibility index (Phi) is 3.48. The Morgan fingerprint density at radius 2 is 2.50 bits per heavy atom. The quantitative estimate of drug-likeness (QED) is 0.449. The van der Waals surface area contributed by atoms with E-state index in [1.54, 1.807) is 12.1 Å². The van der Waals surface area contributed by atoms with Gasteiger partial charge in [-0.1, -0.05) is 13.5 Å². The SMILES string of the molecule is C=C(C(=O)OC(N)CC)c1ccco1.